The smallest absolute Gasteiger partial charge is 0.261 e. The minimum Gasteiger partial charge on any atom is -0.483 e. The predicted octanol–water partition coefficient (Wildman–Crippen LogP) is 0.247. The Hall–Kier alpha value is -2.37. The summed E-state index contributed by atoms with van der Waals surface area (Å²) in [5.41, 5.74) is 0.917. The van der Waals surface area contributed by atoms with Gasteiger partial charge in [-0.25, -0.2) is 0 Å². The number of imide groups is 1. The van der Waals surface area contributed by atoms with Gasteiger partial charge >= 0.3 is 0 Å². The van der Waals surface area contributed by atoms with Gasteiger partial charge in [-0.2, -0.15) is 0 Å². The molecule has 1 fully saturated rings. The summed E-state index contributed by atoms with van der Waals surface area (Å²) in [5.74, 6) is -0.715. The summed E-state index contributed by atoms with van der Waals surface area (Å²) in [4.78, 5) is 36.1. The van der Waals surface area contributed by atoms with Crippen LogP contribution in [0.5, 0.6) is 5.75 Å². The zero-order valence-electron chi connectivity index (χ0n) is 11.4. The molecule has 20 heavy (non-hydrogen) atoms. The van der Waals surface area contributed by atoms with Crippen molar-refractivity contribution in [1.82, 2.24) is 10.2 Å². The third-order valence-electron chi connectivity index (χ3n) is 3.19. The van der Waals surface area contributed by atoms with Gasteiger partial charge in [0.05, 0.1) is 0 Å². The number of hydrogen-bond acceptors (Lipinski definition) is 4. The fraction of sp³-hybridized carbons (Fsp3) is 0.357. The van der Waals surface area contributed by atoms with Gasteiger partial charge in [0.15, 0.2) is 6.61 Å². The van der Waals surface area contributed by atoms with Gasteiger partial charge in [0.1, 0.15) is 18.3 Å². The highest BCUT2D eigenvalue weighted by molar-refractivity contribution is 6.04. The molecule has 0 saturated carbocycles. The van der Waals surface area contributed by atoms with Crippen molar-refractivity contribution in [2.24, 2.45) is 0 Å². The third-order valence-corrected chi connectivity index (χ3v) is 3.19. The van der Waals surface area contributed by atoms with E-state index in [1.807, 2.05) is 25.1 Å². The van der Waals surface area contributed by atoms with Crippen LogP contribution in [0.2, 0.25) is 0 Å². The number of piperazine rings is 1. The normalized spacial score (nSPS) is 18.7. The van der Waals surface area contributed by atoms with E-state index >= 15 is 0 Å². The first-order valence-corrected chi connectivity index (χ1v) is 6.30. The lowest BCUT2D eigenvalue weighted by atomic mass is 10.2. The summed E-state index contributed by atoms with van der Waals surface area (Å²) in [7, 11) is 0. The molecule has 0 bridgehead atoms. The molecule has 1 N–H and O–H groups in total. The average molecular weight is 276 g/mol. The van der Waals surface area contributed by atoms with Crippen molar-refractivity contribution in [3.8, 4) is 5.75 Å². The number of hydrogen-bond donors (Lipinski definition) is 1. The third kappa shape index (κ3) is 2.96. The number of carbonyl (C=O) groups is 3. The van der Waals surface area contributed by atoms with Gasteiger partial charge in [-0.1, -0.05) is 18.2 Å². The fourth-order valence-electron chi connectivity index (χ4n) is 1.96. The van der Waals surface area contributed by atoms with Crippen molar-refractivity contribution in [2.45, 2.75) is 19.9 Å². The van der Waals surface area contributed by atoms with E-state index in [2.05, 4.69) is 5.32 Å². The number of nitrogens with one attached hydrogen (secondary N) is 1. The summed E-state index contributed by atoms with van der Waals surface area (Å²) in [5, 5.41) is 2.18. The summed E-state index contributed by atoms with van der Waals surface area (Å²) in [6.07, 6.45) is 0. The van der Waals surface area contributed by atoms with Crippen LogP contribution in [0.15, 0.2) is 24.3 Å². The van der Waals surface area contributed by atoms with Crippen molar-refractivity contribution in [3.63, 3.8) is 0 Å². The van der Waals surface area contributed by atoms with Crippen LogP contribution >= 0.6 is 0 Å². The van der Waals surface area contributed by atoms with E-state index in [-0.39, 0.29) is 19.1 Å². The summed E-state index contributed by atoms with van der Waals surface area (Å²) in [6, 6.07) is 6.66. The Bertz CT molecular complexity index is 556. The summed E-state index contributed by atoms with van der Waals surface area (Å²) < 4.78 is 5.44. The largest absolute Gasteiger partial charge is 0.483 e. The van der Waals surface area contributed by atoms with E-state index in [1.165, 1.54) is 4.90 Å². The maximum atomic E-state index is 12.1. The van der Waals surface area contributed by atoms with Crippen LogP contribution in [0.25, 0.3) is 0 Å². The second-order valence-corrected chi connectivity index (χ2v) is 4.66. The lowest BCUT2D eigenvalue weighted by Crippen LogP contribution is -2.59. The Labute approximate surface area is 116 Å². The van der Waals surface area contributed by atoms with Crippen LogP contribution < -0.4 is 10.1 Å². The van der Waals surface area contributed by atoms with Crippen LogP contribution in [0.4, 0.5) is 0 Å². The maximum Gasteiger partial charge on any atom is 0.261 e. The predicted molar refractivity (Wildman–Crippen MR) is 71.0 cm³/mol. The number of benzene rings is 1. The quantitative estimate of drug-likeness (QED) is 0.803. The molecule has 106 valence electrons. The molecule has 6 nitrogen and oxygen atoms in total. The van der Waals surface area contributed by atoms with E-state index in [0.717, 1.165) is 5.56 Å². The highest BCUT2D eigenvalue weighted by Gasteiger charge is 2.33. The Kier molecular flexibility index (Phi) is 4.02. The first-order chi connectivity index (χ1) is 9.49. The number of rotatable bonds is 3. The lowest BCUT2D eigenvalue weighted by Gasteiger charge is -2.31. The SMILES string of the molecule is Cc1ccccc1OCC(=O)N1CC(=O)NC(=O)C1C. The van der Waals surface area contributed by atoms with E-state index in [4.69, 9.17) is 4.74 Å². The molecule has 2 rings (SSSR count). The monoisotopic (exact) mass is 276 g/mol. The molecule has 0 aromatic heterocycles. The molecule has 1 aliphatic rings. The zero-order valence-corrected chi connectivity index (χ0v) is 11.4. The van der Waals surface area contributed by atoms with Crippen molar-refractivity contribution < 1.29 is 19.1 Å². The number of nitrogens with zero attached hydrogens (tertiary/aromatic N) is 1. The summed E-state index contributed by atoms with van der Waals surface area (Å²) in [6.45, 7) is 3.13. The Morgan fingerprint density at radius 2 is 2.10 bits per heavy atom. The standard InChI is InChI=1S/C14H16N2O4/c1-9-5-3-4-6-11(9)20-8-13(18)16-7-12(17)15-14(19)10(16)2/h3-6,10H,7-8H2,1-2H3,(H,15,17,19). The molecule has 0 radical (unpaired) electrons. The van der Waals surface area contributed by atoms with Crippen molar-refractivity contribution in [2.75, 3.05) is 13.2 Å². The van der Waals surface area contributed by atoms with Crippen LogP contribution in [0, 0.1) is 6.92 Å². The minimum atomic E-state index is -0.666. The number of para-hydroxylation sites is 1. The van der Waals surface area contributed by atoms with Gasteiger partial charge < -0.3 is 9.64 Å². The number of aryl methyl sites for hydroxylation is 1. The molecule has 0 spiro atoms. The zero-order chi connectivity index (χ0) is 14.7. The van der Waals surface area contributed by atoms with Crippen molar-refractivity contribution >= 4 is 17.7 Å². The van der Waals surface area contributed by atoms with Crippen molar-refractivity contribution in [3.05, 3.63) is 29.8 Å². The number of ether oxygens (including phenoxy) is 1. The second-order valence-electron chi connectivity index (χ2n) is 4.66. The minimum absolute atomic E-state index is 0.122. The molecule has 1 aromatic carbocycles. The number of amides is 3. The number of carbonyl (C=O) groups excluding carboxylic acids is 3. The average Bonchev–Trinajstić information content (AvgIpc) is 2.41. The molecule has 1 aliphatic heterocycles. The second kappa shape index (κ2) is 5.73. The lowest BCUT2D eigenvalue weighted by molar-refractivity contribution is -0.150. The molecule has 1 heterocycles. The molecular weight excluding hydrogens is 260 g/mol. The van der Waals surface area contributed by atoms with E-state index < -0.39 is 17.9 Å². The molecule has 0 aliphatic carbocycles. The Morgan fingerprint density at radius 3 is 2.80 bits per heavy atom. The molecule has 1 saturated heterocycles. The molecule has 1 atom stereocenters. The molecule has 6 heteroatoms. The highest BCUT2D eigenvalue weighted by Crippen LogP contribution is 2.16. The van der Waals surface area contributed by atoms with Crippen LogP contribution in [-0.2, 0) is 14.4 Å². The van der Waals surface area contributed by atoms with Gasteiger partial charge in [0.25, 0.3) is 5.91 Å². The van der Waals surface area contributed by atoms with E-state index in [1.54, 1.807) is 13.0 Å². The van der Waals surface area contributed by atoms with Crippen LogP contribution in [0.3, 0.4) is 0 Å². The maximum absolute atomic E-state index is 12.1. The topological polar surface area (TPSA) is 75.7 Å². The Balaban J connectivity index is 1.99. The Morgan fingerprint density at radius 1 is 1.40 bits per heavy atom. The summed E-state index contributed by atoms with van der Waals surface area (Å²) >= 11 is 0. The van der Waals surface area contributed by atoms with E-state index in [0.29, 0.717) is 5.75 Å². The van der Waals surface area contributed by atoms with Crippen molar-refractivity contribution in [1.29, 1.82) is 0 Å². The highest BCUT2D eigenvalue weighted by atomic mass is 16.5. The van der Waals surface area contributed by atoms with Gasteiger partial charge in [0, 0.05) is 0 Å². The molecule has 1 unspecified atom stereocenters. The van der Waals surface area contributed by atoms with Gasteiger partial charge in [-0.05, 0) is 25.5 Å². The molecule has 3 amide bonds. The van der Waals surface area contributed by atoms with Gasteiger partial charge in [0.2, 0.25) is 11.8 Å². The first kappa shape index (κ1) is 14.0. The molecular formula is C14H16N2O4. The van der Waals surface area contributed by atoms with Crippen LogP contribution in [-0.4, -0.2) is 41.8 Å². The van der Waals surface area contributed by atoms with Gasteiger partial charge in [-0.15, -0.1) is 0 Å². The van der Waals surface area contributed by atoms with Gasteiger partial charge in [-0.3, -0.25) is 19.7 Å². The van der Waals surface area contributed by atoms with Crippen LogP contribution in [0.1, 0.15) is 12.5 Å². The fourth-order valence-corrected chi connectivity index (χ4v) is 1.96. The first-order valence-electron chi connectivity index (χ1n) is 6.30. The molecule has 1 aromatic rings. The van der Waals surface area contributed by atoms with E-state index in [9.17, 15) is 14.4 Å².